The zero-order valence-corrected chi connectivity index (χ0v) is 50.9. The van der Waals surface area contributed by atoms with Crippen molar-refractivity contribution in [3.63, 3.8) is 0 Å². The molecule has 2 aromatic rings. The number of rotatable bonds is 30. The molecule has 0 radical (unpaired) electrons. The van der Waals surface area contributed by atoms with Gasteiger partial charge < -0.3 is 0 Å². The zero-order chi connectivity index (χ0) is 81.7. The Hall–Kier alpha value is -3.10. The van der Waals surface area contributed by atoms with Gasteiger partial charge in [0, 0.05) is 25.7 Å². The zero-order valence-electron chi connectivity index (χ0n) is 46.1. The number of hydrogen-bond acceptors (Lipinski definition) is 0. The second-order valence-electron chi connectivity index (χ2n) is 19.7. The Morgan fingerprint density at radius 3 is 0.436 bits per heavy atom. The fourth-order valence-corrected chi connectivity index (χ4v) is 11.8. The molecule has 0 spiro atoms. The Morgan fingerprint density at radius 1 is 0.198 bits per heavy atom. The van der Waals surface area contributed by atoms with Crippen LogP contribution < -0.4 is 10.6 Å². The molecule has 0 heterocycles. The van der Waals surface area contributed by atoms with Crippen molar-refractivity contribution in [2.24, 2.45) is 0 Å². The molecule has 0 N–H and O–H groups in total. The van der Waals surface area contributed by atoms with Gasteiger partial charge in [-0.25, -0.2) is 0 Å². The summed E-state index contributed by atoms with van der Waals surface area (Å²) in [4.78, 5) is 0. The first-order valence-electron chi connectivity index (χ1n) is 24.0. The molecule has 0 unspecified atom stereocenters. The minimum atomic E-state index is -8.33. The fourth-order valence-electron chi connectivity index (χ4n) is 6.96. The first kappa shape index (κ1) is 97.9. The maximum absolute atomic E-state index is 14.3. The van der Waals surface area contributed by atoms with Crippen molar-refractivity contribution in [2.75, 3.05) is 24.6 Å². The van der Waals surface area contributed by atoms with Crippen LogP contribution in [0.3, 0.4) is 0 Å². The third-order valence-electron chi connectivity index (χ3n) is 13.0. The number of hydrogen-bond donors (Lipinski definition) is 0. The average molecular weight is 1780 g/mol. The van der Waals surface area contributed by atoms with E-state index in [2.05, 4.69) is 0 Å². The second kappa shape index (κ2) is 30.2. The third-order valence-corrected chi connectivity index (χ3v) is 18.1. The Morgan fingerprint density at radius 2 is 0.317 bits per heavy atom. The number of benzene rings is 2. The van der Waals surface area contributed by atoms with Gasteiger partial charge >= 0.3 is 178 Å². The van der Waals surface area contributed by atoms with E-state index in [9.17, 15) is 228 Å². The Kier molecular flexibility index (Phi) is 29.2. The molecule has 2 aromatic carbocycles. The van der Waals surface area contributed by atoms with Crippen LogP contribution in [-0.4, -0.2) is 168 Å². The van der Waals surface area contributed by atoms with Crippen molar-refractivity contribution < 1.29 is 244 Å². The van der Waals surface area contributed by atoms with Crippen molar-refractivity contribution in [3.05, 3.63) is 60.7 Å². The summed E-state index contributed by atoms with van der Waals surface area (Å²) in [6, 6.07) is 7.39. The summed E-state index contributed by atoms with van der Waals surface area (Å²) in [5, 5.41) is -1.56. The van der Waals surface area contributed by atoms with Crippen LogP contribution in [0.2, 0.25) is 0 Å². The van der Waals surface area contributed by atoms with E-state index in [1.165, 1.54) is 0 Å². The van der Waals surface area contributed by atoms with Crippen LogP contribution in [0, 0.1) is 0 Å². The monoisotopic (exact) mass is 1780 g/mol. The molecule has 0 nitrogen and oxygen atoms in total. The van der Waals surface area contributed by atoms with E-state index in [1.54, 1.807) is 0 Å². The average Bonchev–Trinajstić information content (AvgIpc) is 0.732. The molecule has 0 fully saturated rings. The van der Waals surface area contributed by atoms with Crippen molar-refractivity contribution in [1.29, 1.82) is 0 Å². The quantitative estimate of drug-likeness (QED) is 0.0415. The van der Waals surface area contributed by atoms with Gasteiger partial charge in [0.05, 0.1) is 0 Å². The minimum absolute atomic E-state index is 0.106. The summed E-state index contributed by atoms with van der Waals surface area (Å²) in [5.41, 5.74) is 0. The van der Waals surface area contributed by atoms with Gasteiger partial charge in [-0.2, -0.15) is 228 Å². The predicted octanol–water partition coefficient (Wildman–Crippen LogP) is 23.5. The topological polar surface area (TPSA) is 0 Å². The van der Waals surface area contributed by atoms with E-state index in [1.807, 2.05) is 0 Å². The van der Waals surface area contributed by atoms with Gasteiger partial charge in [-0.05, 0) is 35.3 Å². The van der Waals surface area contributed by atoms with Crippen molar-refractivity contribution in [2.45, 2.75) is 169 Å². The summed E-state index contributed by atoms with van der Waals surface area (Å²) in [5.74, 6) is -158. The van der Waals surface area contributed by atoms with Gasteiger partial charge in [-0.3, -0.25) is 0 Å². The van der Waals surface area contributed by atoms with Gasteiger partial charge in [0.2, 0.25) is 0 Å². The van der Waals surface area contributed by atoms with Gasteiger partial charge in [-0.1, -0.05) is 76.5 Å². The number of halogens is 54. The molecule has 0 aromatic heterocycles. The van der Waals surface area contributed by atoms with Crippen LogP contribution in [0.1, 0.15) is 25.7 Å². The van der Waals surface area contributed by atoms with E-state index >= 15 is 0 Å². The normalized spacial score (nSPS) is 15.8. The van der Waals surface area contributed by atoms with Crippen LogP contribution in [0.15, 0.2) is 60.7 Å². The molecular formula is C44H26Cl2F52P2Pd. The molecule has 0 aliphatic carbocycles. The Balaban J connectivity index is 0.00000191. The van der Waals surface area contributed by atoms with E-state index in [0.29, 0.717) is 24.3 Å². The molecule has 0 saturated carbocycles. The maximum atomic E-state index is 14.3. The molecule has 101 heavy (non-hydrogen) atoms. The fraction of sp³-hybridized carbons (Fsp3) is 0.727. The van der Waals surface area contributed by atoms with Crippen molar-refractivity contribution in [1.82, 2.24) is 0 Å². The molecular weight excluding hydrogens is 1760 g/mol. The van der Waals surface area contributed by atoms with Crippen molar-refractivity contribution in [3.8, 4) is 0 Å². The Bertz CT molecular complexity index is 2600. The summed E-state index contributed by atoms with van der Waals surface area (Å²) in [7, 11) is 2.75. The summed E-state index contributed by atoms with van der Waals surface area (Å²) in [6.07, 6.45) is -51.9. The summed E-state index contributed by atoms with van der Waals surface area (Å²) >= 11 is -0.106. The standard InChI is InChI=1S/2C22H13F26P.2ClH.Pd/c2*23-11(24,13(27,28)15(31,32)17(35,36)19(39,40)21(43,44)45)6-8-49(10-4-2-1-3-5-10)9-7-12(25,26)14(29,30)16(33,34)18(37,38)20(41,42)22(46,47)48;;;/h2*1-5H,6-9H2;2*1H;/q;;;;+2/p-2. The SMILES string of the molecule is FC(F)(F)C(F)(F)C(F)(F)C(F)(F)C(F)(F)C(F)(F)CCP(CCC(F)(F)C(F)(F)C(F)(F)C(F)(F)C(F)(F)C(F)(F)F)c1ccccc1.FC(F)(F)C(F)(F)C(F)(F)C(F)(F)C(F)(F)C(F)(F)CCP(CCC(F)(F)C(F)(F)C(F)(F)C(F)(F)C(F)(F)C(F)(F)F)c1ccccc1.[Cl][Pd][Cl]. The van der Waals surface area contributed by atoms with E-state index < -0.39 is 220 Å². The molecule has 2 rings (SSSR count). The van der Waals surface area contributed by atoms with Crippen LogP contribution in [0.4, 0.5) is 228 Å². The molecule has 0 aliphatic rings. The van der Waals surface area contributed by atoms with Crippen LogP contribution in [0.25, 0.3) is 0 Å². The van der Waals surface area contributed by atoms with Gasteiger partial charge in [0.15, 0.2) is 0 Å². The summed E-state index contributed by atoms with van der Waals surface area (Å²) < 4.78 is 694. The first-order chi connectivity index (χ1) is 43.8. The molecule has 0 amide bonds. The van der Waals surface area contributed by atoms with Crippen LogP contribution >= 0.6 is 34.9 Å². The molecule has 0 bridgehead atoms. The molecule has 57 heteroatoms. The van der Waals surface area contributed by atoms with Gasteiger partial charge in [-0.15, -0.1) is 0 Å². The second-order valence-corrected chi connectivity index (χ2v) is 27.0. The van der Waals surface area contributed by atoms with E-state index in [-0.39, 0.29) is 15.9 Å². The van der Waals surface area contributed by atoms with Gasteiger partial charge in [0.1, 0.15) is 0 Å². The first-order valence-corrected chi connectivity index (χ1v) is 31.4. The summed E-state index contributed by atoms with van der Waals surface area (Å²) in [6.45, 7) is 0. The van der Waals surface area contributed by atoms with E-state index in [4.69, 9.17) is 19.1 Å². The van der Waals surface area contributed by atoms with Crippen LogP contribution in [0.5, 0.6) is 0 Å². The Labute approximate surface area is 543 Å². The molecule has 600 valence electrons. The molecule has 0 saturated heterocycles. The predicted molar refractivity (Wildman–Crippen MR) is 239 cm³/mol. The molecule has 0 aliphatic heterocycles. The van der Waals surface area contributed by atoms with E-state index in [0.717, 1.165) is 36.4 Å². The third kappa shape index (κ3) is 17.3. The number of alkyl halides is 52. The van der Waals surface area contributed by atoms with Crippen LogP contribution in [-0.2, 0) is 15.9 Å². The van der Waals surface area contributed by atoms with Gasteiger partial charge in [0.25, 0.3) is 0 Å². The van der Waals surface area contributed by atoms with Crippen molar-refractivity contribution >= 4 is 45.5 Å². The molecule has 0 atom stereocenters.